The molecule has 154 valence electrons. The normalized spacial score (nSPS) is 11.2. The number of benzene rings is 2. The van der Waals surface area contributed by atoms with Gasteiger partial charge in [-0.15, -0.1) is 11.3 Å². The number of nitrogens with zero attached hydrogens (tertiary/aromatic N) is 2. The number of carbonyl (C=O) groups is 1. The van der Waals surface area contributed by atoms with E-state index in [1.54, 1.807) is 29.0 Å². The number of esters is 1. The number of thiophene rings is 1. The van der Waals surface area contributed by atoms with Crippen molar-refractivity contribution in [3.63, 3.8) is 0 Å². The van der Waals surface area contributed by atoms with Crippen LogP contribution in [0.5, 0.6) is 0 Å². The van der Waals surface area contributed by atoms with Gasteiger partial charge in [0.2, 0.25) is 0 Å². The van der Waals surface area contributed by atoms with Gasteiger partial charge < -0.3 is 4.74 Å². The SMILES string of the molecule is CCOC(=O)c1c(C)nn(-c2cccc3sc(Cc4cc(F)cc(Cl)c4)cc23)c1C. The van der Waals surface area contributed by atoms with Gasteiger partial charge in [0.25, 0.3) is 0 Å². The van der Waals surface area contributed by atoms with Crippen LogP contribution in [0.3, 0.4) is 0 Å². The molecule has 2 aromatic heterocycles. The predicted molar refractivity (Wildman–Crippen MR) is 119 cm³/mol. The zero-order valence-corrected chi connectivity index (χ0v) is 18.4. The van der Waals surface area contributed by atoms with Gasteiger partial charge in [-0.3, -0.25) is 0 Å². The summed E-state index contributed by atoms with van der Waals surface area (Å²) in [5.74, 6) is -0.701. The van der Waals surface area contributed by atoms with Crippen molar-refractivity contribution in [2.45, 2.75) is 27.2 Å². The molecule has 0 radical (unpaired) electrons. The topological polar surface area (TPSA) is 44.1 Å². The molecular weight excluding hydrogens is 423 g/mol. The van der Waals surface area contributed by atoms with Crippen LogP contribution in [0.4, 0.5) is 4.39 Å². The second-order valence-corrected chi connectivity index (χ2v) is 8.64. The summed E-state index contributed by atoms with van der Waals surface area (Å²) in [4.78, 5) is 13.4. The molecule has 0 spiro atoms. The molecule has 0 aliphatic carbocycles. The van der Waals surface area contributed by atoms with Crippen molar-refractivity contribution in [3.05, 3.63) is 80.7 Å². The highest BCUT2D eigenvalue weighted by Crippen LogP contribution is 2.33. The number of hydrogen-bond donors (Lipinski definition) is 0. The first-order chi connectivity index (χ1) is 14.4. The van der Waals surface area contributed by atoms with Crippen LogP contribution in [-0.4, -0.2) is 22.4 Å². The van der Waals surface area contributed by atoms with Gasteiger partial charge >= 0.3 is 5.97 Å². The van der Waals surface area contributed by atoms with Crippen LogP contribution in [0.2, 0.25) is 5.02 Å². The molecule has 0 unspecified atom stereocenters. The largest absolute Gasteiger partial charge is 0.462 e. The first-order valence-corrected chi connectivity index (χ1v) is 10.8. The minimum absolute atomic E-state index is 0.316. The second-order valence-electron chi connectivity index (χ2n) is 7.03. The van der Waals surface area contributed by atoms with Crippen molar-refractivity contribution < 1.29 is 13.9 Å². The standard InChI is InChI=1S/C23H20ClFN2O2S/c1-4-29-23(28)22-13(2)26-27(14(22)3)20-6-5-7-21-19(20)12-18(30-21)10-15-8-16(24)11-17(25)9-15/h5-9,11-12H,4,10H2,1-3H3. The van der Waals surface area contributed by atoms with Crippen LogP contribution in [0, 0.1) is 19.7 Å². The van der Waals surface area contributed by atoms with Crippen LogP contribution >= 0.6 is 22.9 Å². The van der Waals surface area contributed by atoms with Gasteiger partial charge in [0.05, 0.1) is 23.7 Å². The van der Waals surface area contributed by atoms with Crippen molar-refractivity contribution in [1.29, 1.82) is 0 Å². The molecule has 0 aliphatic rings. The van der Waals surface area contributed by atoms with E-state index in [9.17, 15) is 9.18 Å². The zero-order valence-electron chi connectivity index (χ0n) is 16.8. The molecule has 0 saturated carbocycles. The third-order valence-electron chi connectivity index (χ3n) is 4.89. The van der Waals surface area contributed by atoms with Crippen LogP contribution in [0.25, 0.3) is 15.8 Å². The minimum Gasteiger partial charge on any atom is -0.462 e. The van der Waals surface area contributed by atoms with Gasteiger partial charge in [0.15, 0.2) is 0 Å². The van der Waals surface area contributed by atoms with Crippen molar-refractivity contribution in [3.8, 4) is 5.69 Å². The Hall–Kier alpha value is -2.70. The van der Waals surface area contributed by atoms with E-state index >= 15 is 0 Å². The maximum absolute atomic E-state index is 13.7. The quantitative estimate of drug-likeness (QED) is 0.342. The Morgan fingerprint density at radius 3 is 2.77 bits per heavy atom. The zero-order chi connectivity index (χ0) is 21.4. The Balaban J connectivity index is 1.76. The maximum atomic E-state index is 13.7. The summed E-state index contributed by atoms with van der Waals surface area (Å²) in [6.07, 6.45) is 0.585. The summed E-state index contributed by atoms with van der Waals surface area (Å²) in [6.45, 7) is 5.78. The fourth-order valence-electron chi connectivity index (χ4n) is 3.66. The van der Waals surface area contributed by atoms with Crippen LogP contribution < -0.4 is 0 Å². The highest BCUT2D eigenvalue weighted by molar-refractivity contribution is 7.19. The molecule has 7 heteroatoms. The first-order valence-electron chi connectivity index (χ1n) is 9.57. The van der Waals surface area contributed by atoms with E-state index in [0.29, 0.717) is 29.3 Å². The Morgan fingerprint density at radius 1 is 1.23 bits per heavy atom. The lowest BCUT2D eigenvalue weighted by Crippen LogP contribution is -2.07. The Labute approximate surface area is 182 Å². The first kappa shape index (κ1) is 20.6. The number of ether oxygens (including phenoxy) is 1. The molecule has 4 aromatic rings. The fraction of sp³-hybridized carbons (Fsp3) is 0.217. The van der Waals surface area contributed by atoms with Crippen molar-refractivity contribution in [2.75, 3.05) is 6.61 Å². The molecule has 0 fully saturated rings. The smallest absolute Gasteiger partial charge is 0.341 e. The summed E-state index contributed by atoms with van der Waals surface area (Å²) in [7, 11) is 0. The molecule has 4 rings (SSSR count). The highest BCUT2D eigenvalue weighted by atomic mass is 35.5. The second kappa shape index (κ2) is 8.20. The molecule has 0 saturated heterocycles. The third kappa shape index (κ3) is 3.85. The van der Waals surface area contributed by atoms with E-state index in [4.69, 9.17) is 16.3 Å². The van der Waals surface area contributed by atoms with Crippen LogP contribution in [0.15, 0.2) is 42.5 Å². The van der Waals surface area contributed by atoms with Gasteiger partial charge in [-0.05, 0) is 62.7 Å². The van der Waals surface area contributed by atoms with Gasteiger partial charge in [0, 0.05) is 26.4 Å². The van der Waals surface area contributed by atoms with E-state index in [2.05, 4.69) is 11.2 Å². The molecule has 0 aliphatic heterocycles. The Bertz CT molecular complexity index is 1240. The average Bonchev–Trinajstić information content (AvgIpc) is 3.20. The number of halogens is 2. The maximum Gasteiger partial charge on any atom is 0.341 e. The summed E-state index contributed by atoms with van der Waals surface area (Å²) in [5.41, 5.74) is 3.59. The third-order valence-corrected chi connectivity index (χ3v) is 6.21. The van der Waals surface area contributed by atoms with Crippen LogP contribution in [0.1, 0.15) is 39.1 Å². The van der Waals surface area contributed by atoms with Gasteiger partial charge in [-0.2, -0.15) is 5.10 Å². The van der Waals surface area contributed by atoms with E-state index in [-0.39, 0.29) is 11.8 Å². The Kier molecular flexibility index (Phi) is 5.62. The predicted octanol–water partition coefficient (Wildman–Crippen LogP) is 6.26. The summed E-state index contributed by atoms with van der Waals surface area (Å²) >= 11 is 7.64. The molecule has 0 bridgehead atoms. The Morgan fingerprint density at radius 2 is 2.03 bits per heavy atom. The van der Waals surface area contributed by atoms with E-state index in [0.717, 1.165) is 31.9 Å². The van der Waals surface area contributed by atoms with E-state index in [1.165, 1.54) is 12.1 Å². The van der Waals surface area contributed by atoms with Crippen molar-refractivity contribution in [2.24, 2.45) is 0 Å². The minimum atomic E-state index is -0.361. The molecule has 2 aromatic carbocycles. The molecule has 2 heterocycles. The van der Waals surface area contributed by atoms with Crippen molar-refractivity contribution in [1.82, 2.24) is 9.78 Å². The lowest BCUT2D eigenvalue weighted by atomic mass is 10.1. The molecule has 30 heavy (non-hydrogen) atoms. The summed E-state index contributed by atoms with van der Waals surface area (Å²) in [5, 5.41) is 6.02. The van der Waals surface area contributed by atoms with Gasteiger partial charge in [-0.25, -0.2) is 13.9 Å². The molecule has 0 amide bonds. The molecule has 4 nitrogen and oxygen atoms in total. The average molecular weight is 443 g/mol. The van der Waals surface area contributed by atoms with Crippen LogP contribution in [-0.2, 0) is 11.2 Å². The highest BCUT2D eigenvalue weighted by Gasteiger charge is 2.21. The fourth-order valence-corrected chi connectivity index (χ4v) is 5.02. The molecule has 0 atom stereocenters. The number of fused-ring (bicyclic) bond motifs is 1. The summed E-state index contributed by atoms with van der Waals surface area (Å²) < 4.78 is 21.8. The number of aromatic nitrogens is 2. The van der Waals surface area contributed by atoms with Gasteiger partial charge in [0.1, 0.15) is 11.4 Å². The monoisotopic (exact) mass is 442 g/mol. The van der Waals surface area contributed by atoms with E-state index in [1.807, 2.05) is 32.0 Å². The number of hydrogen-bond acceptors (Lipinski definition) is 4. The number of rotatable bonds is 5. The van der Waals surface area contributed by atoms with E-state index < -0.39 is 0 Å². The number of aryl methyl sites for hydroxylation is 1. The molecular formula is C23H20ClFN2O2S. The lowest BCUT2D eigenvalue weighted by molar-refractivity contribution is 0.0524. The van der Waals surface area contributed by atoms with Crippen molar-refractivity contribution >= 4 is 39.0 Å². The lowest BCUT2D eigenvalue weighted by Gasteiger charge is -2.07. The molecule has 0 N–H and O–H groups in total. The summed E-state index contributed by atoms with van der Waals surface area (Å²) in [6, 6.07) is 12.7. The number of carbonyl (C=O) groups excluding carboxylic acids is 1. The van der Waals surface area contributed by atoms with Gasteiger partial charge in [-0.1, -0.05) is 17.7 Å².